The molecule has 0 aromatic carbocycles. The van der Waals surface area contributed by atoms with E-state index in [9.17, 15) is 0 Å². The summed E-state index contributed by atoms with van der Waals surface area (Å²) >= 11 is 5.93. The molecule has 1 aromatic heterocycles. The molecular weight excluding hydrogens is 250 g/mol. The minimum Gasteiger partial charge on any atom is -0.372 e. The van der Waals surface area contributed by atoms with E-state index in [-0.39, 0.29) is 5.54 Å². The van der Waals surface area contributed by atoms with Gasteiger partial charge in [-0.15, -0.1) is 0 Å². The number of hydrogen-bond donors (Lipinski definition) is 1. The van der Waals surface area contributed by atoms with E-state index >= 15 is 0 Å². The highest BCUT2D eigenvalue weighted by atomic mass is 35.5. The maximum atomic E-state index is 6.39. The van der Waals surface area contributed by atoms with Crippen LogP contribution in [0.15, 0.2) is 6.20 Å². The molecule has 0 atom stereocenters. The fourth-order valence-electron chi connectivity index (χ4n) is 2.48. The van der Waals surface area contributed by atoms with Crippen LogP contribution in [-0.2, 0) is 18.4 Å². The van der Waals surface area contributed by atoms with Crippen LogP contribution in [0.3, 0.4) is 0 Å². The lowest BCUT2D eigenvalue weighted by molar-refractivity contribution is 0.0618. The predicted octanol–water partition coefficient (Wildman–Crippen LogP) is 2.64. The highest BCUT2D eigenvalue weighted by molar-refractivity contribution is 6.29. The highest BCUT2D eigenvalue weighted by Gasteiger charge is 2.26. The summed E-state index contributed by atoms with van der Waals surface area (Å²) in [6.07, 6.45) is 8.80. The van der Waals surface area contributed by atoms with Crippen LogP contribution in [-0.4, -0.2) is 21.7 Å². The molecule has 2 N–H and O–H groups in total. The van der Waals surface area contributed by atoms with E-state index in [0.717, 1.165) is 18.7 Å². The molecule has 1 aromatic rings. The summed E-state index contributed by atoms with van der Waals surface area (Å²) in [5.41, 5.74) is 6.24. The molecule has 102 valence electrons. The molecule has 0 saturated heterocycles. The SMILES string of the molecule is Cn1c(Cl)cnc1COCC1(N)CCCCCC1. The molecule has 0 amide bonds. The Kier molecular flexibility index (Phi) is 4.65. The molecular formula is C13H22ClN3O. The molecule has 2 rings (SSSR count). The van der Waals surface area contributed by atoms with Crippen molar-refractivity contribution < 1.29 is 4.74 Å². The lowest BCUT2D eigenvalue weighted by Gasteiger charge is -2.27. The van der Waals surface area contributed by atoms with Gasteiger partial charge in [0.15, 0.2) is 0 Å². The number of nitrogens with two attached hydrogens (primary N) is 1. The summed E-state index contributed by atoms with van der Waals surface area (Å²) in [7, 11) is 1.89. The highest BCUT2D eigenvalue weighted by Crippen LogP contribution is 2.25. The minimum atomic E-state index is -0.147. The van der Waals surface area contributed by atoms with Gasteiger partial charge in [0.2, 0.25) is 0 Å². The van der Waals surface area contributed by atoms with Crippen molar-refractivity contribution in [1.29, 1.82) is 0 Å². The van der Waals surface area contributed by atoms with E-state index in [0.29, 0.717) is 18.4 Å². The summed E-state index contributed by atoms with van der Waals surface area (Å²) < 4.78 is 7.58. The maximum absolute atomic E-state index is 6.39. The van der Waals surface area contributed by atoms with Crippen LogP contribution in [0.4, 0.5) is 0 Å². The molecule has 0 bridgehead atoms. The van der Waals surface area contributed by atoms with E-state index in [1.807, 2.05) is 11.6 Å². The van der Waals surface area contributed by atoms with Crippen molar-refractivity contribution in [2.75, 3.05) is 6.61 Å². The molecule has 1 aliphatic rings. The van der Waals surface area contributed by atoms with Gasteiger partial charge in [-0.3, -0.25) is 0 Å². The van der Waals surface area contributed by atoms with Crippen LogP contribution in [0.2, 0.25) is 5.15 Å². The number of halogens is 1. The van der Waals surface area contributed by atoms with Crippen molar-refractivity contribution in [3.05, 3.63) is 17.2 Å². The molecule has 1 heterocycles. The zero-order valence-electron chi connectivity index (χ0n) is 11.0. The Morgan fingerprint density at radius 1 is 1.39 bits per heavy atom. The Labute approximate surface area is 113 Å². The molecule has 0 aliphatic heterocycles. The first kappa shape index (κ1) is 13.8. The summed E-state index contributed by atoms with van der Waals surface area (Å²) in [6.45, 7) is 1.08. The zero-order valence-corrected chi connectivity index (χ0v) is 11.7. The van der Waals surface area contributed by atoms with E-state index in [1.165, 1.54) is 25.7 Å². The second kappa shape index (κ2) is 6.04. The van der Waals surface area contributed by atoms with E-state index < -0.39 is 0 Å². The minimum absolute atomic E-state index is 0.147. The topological polar surface area (TPSA) is 53.1 Å². The lowest BCUT2D eigenvalue weighted by atomic mass is 9.93. The average molecular weight is 272 g/mol. The van der Waals surface area contributed by atoms with Crippen LogP contribution >= 0.6 is 11.6 Å². The standard InChI is InChI=1S/C13H22ClN3O/c1-17-11(14)8-16-12(17)9-18-10-13(15)6-4-2-3-5-7-13/h8H,2-7,9-10,15H2,1H3. The number of aromatic nitrogens is 2. The normalized spacial score (nSPS) is 19.7. The fraction of sp³-hybridized carbons (Fsp3) is 0.769. The Morgan fingerprint density at radius 2 is 2.06 bits per heavy atom. The van der Waals surface area contributed by atoms with E-state index in [2.05, 4.69) is 4.98 Å². The number of hydrogen-bond acceptors (Lipinski definition) is 3. The van der Waals surface area contributed by atoms with Gasteiger partial charge in [0.05, 0.1) is 12.8 Å². The number of nitrogens with zero attached hydrogens (tertiary/aromatic N) is 2. The van der Waals surface area contributed by atoms with Crippen LogP contribution in [0.5, 0.6) is 0 Å². The van der Waals surface area contributed by atoms with Crippen LogP contribution in [0, 0.1) is 0 Å². The van der Waals surface area contributed by atoms with Gasteiger partial charge in [-0.25, -0.2) is 4.98 Å². The van der Waals surface area contributed by atoms with Gasteiger partial charge in [0, 0.05) is 12.6 Å². The van der Waals surface area contributed by atoms with Crippen molar-refractivity contribution in [3.63, 3.8) is 0 Å². The molecule has 0 unspecified atom stereocenters. The molecule has 18 heavy (non-hydrogen) atoms. The van der Waals surface area contributed by atoms with E-state index in [4.69, 9.17) is 22.1 Å². The summed E-state index contributed by atoms with van der Waals surface area (Å²) in [5.74, 6) is 0.845. The smallest absolute Gasteiger partial charge is 0.135 e. The van der Waals surface area contributed by atoms with Gasteiger partial charge in [0.1, 0.15) is 17.6 Å². The number of ether oxygens (including phenoxy) is 1. The molecule has 1 aliphatic carbocycles. The van der Waals surface area contributed by atoms with Gasteiger partial charge in [0.25, 0.3) is 0 Å². The van der Waals surface area contributed by atoms with Gasteiger partial charge in [-0.2, -0.15) is 0 Å². The Bertz CT molecular complexity index is 384. The van der Waals surface area contributed by atoms with Crippen LogP contribution < -0.4 is 5.73 Å². The van der Waals surface area contributed by atoms with Crippen molar-refractivity contribution in [3.8, 4) is 0 Å². The monoisotopic (exact) mass is 271 g/mol. The molecule has 5 heteroatoms. The first-order valence-electron chi connectivity index (χ1n) is 6.63. The van der Waals surface area contributed by atoms with Gasteiger partial charge in [-0.05, 0) is 12.8 Å². The lowest BCUT2D eigenvalue weighted by Crippen LogP contribution is -2.44. The fourth-order valence-corrected chi connectivity index (χ4v) is 2.63. The van der Waals surface area contributed by atoms with Crippen molar-refractivity contribution >= 4 is 11.6 Å². The third-order valence-corrected chi connectivity index (χ3v) is 4.10. The second-order valence-electron chi connectivity index (χ2n) is 5.33. The quantitative estimate of drug-likeness (QED) is 0.857. The molecule has 0 radical (unpaired) electrons. The van der Waals surface area contributed by atoms with Gasteiger partial charge >= 0.3 is 0 Å². The van der Waals surface area contributed by atoms with Crippen molar-refractivity contribution in [2.45, 2.75) is 50.7 Å². The molecule has 1 saturated carbocycles. The van der Waals surface area contributed by atoms with Crippen LogP contribution in [0.1, 0.15) is 44.3 Å². The summed E-state index contributed by atoms with van der Waals surface area (Å²) in [4.78, 5) is 4.20. The molecule has 4 nitrogen and oxygen atoms in total. The summed E-state index contributed by atoms with van der Waals surface area (Å²) in [6, 6.07) is 0. The first-order valence-corrected chi connectivity index (χ1v) is 7.01. The Morgan fingerprint density at radius 3 is 2.61 bits per heavy atom. The van der Waals surface area contributed by atoms with E-state index in [1.54, 1.807) is 6.20 Å². The summed E-state index contributed by atoms with van der Waals surface area (Å²) in [5, 5.41) is 0.630. The largest absolute Gasteiger partial charge is 0.372 e. The third-order valence-electron chi connectivity index (χ3n) is 3.75. The number of imidazole rings is 1. The molecule has 1 fully saturated rings. The van der Waals surface area contributed by atoms with Gasteiger partial charge < -0.3 is 15.0 Å². The second-order valence-corrected chi connectivity index (χ2v) is 5.71. The van der Waals surface area contributed by atoms with Gasteiger partial charge in [-0.1, -0.05) is 37.3 Å². The third kappa shape index (κ3) is 3.46. The molecule has 0 spiro atoms. The van der Waals surface area contributed by atoms with Crippen molar-refractivity contribution in [1.82, 2.24) is 9.55 Å². The zero-order chi connectivity index (χ0) is 13.0. The first-order chi connectivity index (χ1) is 8.61. The predicted molar refractivity (Wildman–Crippen MR) is 72.5 cm³/mol. The average Bonchev–Trinajstić information content (AvgIpc) is 2.56. The maximum Gasteiger partial charge on any atom is 0.135 e. The van der Waals surface area contributed by atoms with Crippen molar-refractivity contribution in [2.24, 2.45) is 12.8 Å². The Hall–Kier alpha value is -0.580. The Balaban J connectivity index is 1.82. The van der Waals surface area contributed by atoms with Crippen LogP contribution in [0.25, 0.3) is 0 Å². The number of rotatable bonds is 4.